The Hall–Kier alpha value is -1.97. The van der Waals surface area contributed by atoms with E-state index in [2.05, 4.69) is 27.3 Å². The monoisotopic (exact) mass is 404 g/mol. The first-order valence-electron chi connectivity index (χ1n) is 7.40. The van der Waals surface area contributed by atoms with E-state index < -0.39 is 0 Å². The number of hydrogen-bond donors (Lipinski definition) is 1. The van der Waals surface area contributed by atoms with Crippen LogP contribution in [0.5, 0.6) is 5.75 Å². The van der Waals surface area contributed by atoms with Gasteiger partial charge in [0, 0.05) is 22.5 Å². The first-order chi connectivity index (χ1) is 11.7. The number of ether oxygens (including phenoxy) is 1. The Morgan fingerprint density at radius 1 is 1.21 bits per heavy atom. The molecule has 4 nitrogen and oxygen atoms in total. The second-order valence-corrected chi connectivity index (χ2v) is 6.93. The van der Waals surface area contributed by atoms with Crippen molar-refractivity contribution >= 4 is 33.6 Å². The third-order valence-corrected chi connectivity index (χ3v) is 4.68. The highest BCUT2D eigenvalue weighted by Crippen LogP contribution is 2.16. The number of nitrogens with zero attached hydrogens (tertiary/aromatic N) is 1. The van der Waals surface area contributed by atoms with Crippen molar-refractivity contribution in [3.63, 3.8) is 0 Å². The molecule has 0 fully saturated rings. The Kier molecular flexibility index (Phi) is 7.66. The van der Waals surface area contributed by atoms with Crippen molar-refractivity contribution in [2.24, 2.45) is 0 Å². The summed E-state index contributed by atoms with van der Waals surface area (Å²) in [5.74, 6) is 2.06. The van der Waals surface area contributed by atoms with Gasteiger partial charge in [0.25, 0.3) is 5.91 Å². The normalized spacial score (nSPS) is 10.0. The maximum atomic E-state index is 11.7. The molecule has 124 valence electrons. The standard InChI is InChI=1S/C18H17BrN2O2S/c19-16-5-7-17(8-6-16)23-12-18(22)21-9-10-24-13-15-4-2-1-3-14(15)11-20/h1-8H,9-10,12-13H2,(H,21,22). The number of benzene rings is 2. The second kappa shape index (κ2) is 10.0. The number of nitrogens with one attached hydrogen (secondary N) is 1. The highest BCUT2D eigenvalue weighted by Gasteiger charge is 2.03. The second-order valence-electron chi connectivity index (χ2n) is 4.91. The molecule has 0 aliphatic heterocycles. The Labute approximate surface area is 154 Å². The Balaban J connectivity index is 1.61. The first-order valence-corrected chi connectivity index (χ1v) is 9.34. The molecule has 1 amide bonds. The molecule has 0 aromatic heterocycles. The lowest BCUT2D eigenvalue weighted by Gasteiger charge is -2.08. The van der Waals surface area contributed by atoms with E-state index in [0.717, 1.165) is 21.5 Å². The van der Waals surface area contributed by atoms with Crippen LogP contribution < -0.4 is 10.1 Å². The van der Waals surface area contributed by atoms with Crippen molar-refractivity contribution in [2.45, 2.75) is 5.75 Å². The minimum Gasteiger partial charge on any atom is -0.484 e. The van der Waals surface area contributed by atoms with Crippen molar-refractivity contribution in [3.8, 4) is 11.8 Å². The van der Waals surface area contributed by atoms with Crippen molar-refractivity contribution in [3.05, 3.63) is 64.1 Å². The Bertz CT molecular complexity index is 714. The zero-order valence-corrected chi connectivity index (χ0v) is 15.4. The molecule has 0 aliphatic rings. The van der Waals surface area contributed by atoms with Gasteiger partial charge in [0.15, 0.2) is 6.61 Å². The van der Waals surface area contributed by atoms with E-state index in [-0.39, 0.29) is 12.5 Å². The van der Waals surface area contributed by atoms with Crippen molar-refractivity contribution in [2.75, 3.05) is 18.9 Å². The van der Waals surface area contributed by atoms with Crippen LogP contribution in [0.3, 0.4) is 0 Å². The topological polar surface area (TPSA) is 62.1 Å². The fraction of sp³-hybridized carbons (Fsp3) is 0.222. The summed E-state index contributed by atoms with van der Waals surface area (Å²) < 4.78 is 6.37. The lowest BCUT2D eigenvalue weighted by atomic mass is 10.1. The molecule has 2 aromatic carbocycles. The quantitative estimate of drug-likeness (QED) is 0.680. The molecule has 0 radical (unpaired) electrons. The lowest BCUT2D eigenvalue weighted by Crippen LogP contribution is -2.30. The van der Waals surface area contributed by atoms with E-state index in [1.807, 2.05) is 36.4 Å². The van der Waals surface area contributed by atoms with Crippen molar-refractivity contribution < 1.29 is 9.53 Å². The zero-order chi connectivity index (χ0) is 17.2. The molecule has 2 rings (SSSR count). The average molecular weight is 405 g/mol. The van der Waals surface area contributed by atoms with E-state index in [4.69, 9.17) is 10.00 Å². The predicted octanol–water partition coefficient (Wildman–Crippen LogP) is 3.75. The third kappa shape index (κ3) is 6.26. The summed E-state index contributed by atoms with van der Waals surface area (Å²) in [6, 6.07) is 17.1. The van der Waals surface area contributed by atoms with Gasteiger partial charge in [0.1, 0.15) is 5.75 Å². The van der Waals surface area contributed by atoms with Crippen LogP contribution in [0, 0.1) is 11.3 Å². The van der Waals surface area contributed by atoms with E-state index in [9.17, 15) is 4.79 Å². The molecule has 0 saturated heterocycles. The smallest absolute Gasteiger partial charge is 0.257 e. The van der Waals surface area contributed by atoms with Gasteiger partial charge >= 0.3 is 0 Å². The van der Waals surface area contributed by atoms with Gasteiger partial charge in [0.2, 0.25) is 0 Å². The van der Waals surface area contributed by atoms with Crippen LogP contribution in [0.2, 0.25) is 0 Å². The number of halogens is 1. The molecule has 0 unspecified atom stereocenters. The summed E-state index contributed by atoms with van der Waals surface area (Å²) in [5, 5.41) is 11.8. The molecule has 0 aliphatic carbocycles. The summed E-state index contributed by atoms with van der Waals surface area (Å²) in [5.41, 5.74) is 1.73. The number of rotatable bonds is 8. The highest BCUT2D eigenvalue weighted by molar-refractivity contribution is 9.10. The molecule has 1 N–H and O–H groups in total. The van der Waals surface area contributed by atoms with Crippen LogP contribution in [0.25, 0.3) is 0 Å². The van der Waals surface area contributed by atoms with Gasteiger partial charge in [-0.25, -0.2) is 0 Å². The van der Waals surface area contributed by atoms with Crippen LogP contribution in [0.1, 0.15) is 11.1 Å². The molecule has 24 heavy (non-hydrogen) atoms. The number of nitriles is 1. The molecule has 2 aromatic rings. The van der Waals surface area contributed by atoms with Gasteiger partial charge in [-0.05, 0) is 35.9 Å². The molecule has 0 saturated carbocycles. The molecule has 6 heteroatoms. The predicted molar refractivity (Wildman–Crippen MR) is 100.0 cm³/mol. The molecule has 0 atom stereocenters. The van der Waals surface area contributed by atoms with E-state index >= 15 is 0 Å². The van der Waals surface area contributed by atoms with E-state index in [1.165, 1.54) is 0 Å². The Morgan fingerprint density at radius 2 is 1.96 bits per heavy atom. The Morgan fingerprint density at radius 3 is 2.71 bits per heavy atom. The zero-order valence-electron chi connectivity index (χ0n) is 13.0. The summed E-state index contributed by atoms with van der Waals surface area (Å²) in [6.45, 7) is 0.575. The van der Waals surface area contributed by atoms with Gasteiger partial charge < -0.3 is 10.1 Å². The van der Waals surface area contributed by atoms with Crippen LogP contribution in [-0.2, 0) is 10.5 Å². The van der Waals surface area contributed by atoms with Gasteiger partial charge in [0.05, 0.1) is 11.6 Å². The van der Waals surface area contributed by atoms with Crippen molar-refractivity contribution in [1.29, 1.82) is 5.26 Å². The van der Waals surface area contributed by atoms with Gasteiger partial charge in [-0.3, -0.25) is 4.79 Å². The summed E-state index contributed by atoms with van der Waals surface area (Å²) >= 11 is 5.03. The van der Waals surface area contributed by atoms with Crippen LogP contribution >= 0.6 is 27.7 Å². The molecular formula is C18H17BrN2O2S. The minimum atomic E-state index is -0.143. The fourth-order valence-corrected chi connectivity index (χ4v) is 3.06. The van der Waals surface area contributed by atoms with Crippen LogP contribution in [0.15, 0.2) is 53.0 Å². The summed E-state index contributed by atoms with van der Waals surface area (Å²) in [4.78, 5) is 11.7. The molecule has 0 spiro atoms. The van der Waals surface area contributed by atoms with Gasteiger partial charge in [-0.2, -0.15) is 17.0 Å². The molecular weight excluding hydrogens is 388 g/mol. The molecule has 0 bridgehead atoms. The first kappa shape index (κ1) is 18.4. The minimum absolute atomic E-state index is 0.00354. The maximum absolute atomic E-state index is 11.7. The number of carbonyl (C=O) groups is 1. The van der Waals surface area contributed by atoms with Crippen LogP contribution in [0.4, 0.5) is 0 Å². The lowest BCUT2D eigenvalue weighted by molar-refractivity contribution is -0.122. The maximum Gasteiger partial charge on any atom is 0.257 e. The SMILES string of the molecule is N#Cc1ccccc1CSCCNC(=O)COc1ccc(Br)cc1. The summed E-state index contributed by atoms with van der Waals surface area (Å²) in [6.07, 6.45) is 0. The number of thioether (sulfide) groups is 1. The molecule has 0 heterocycles. The van der Waals surface area contributed by atoms with Gasteiger partial charge in [-0.1, -0.05) is 34.1 Å². The van der Waals surface area contributed by atoms with Crippen LogP contribution in [-0.4, -0.2) is 24.8 Å². The number of hydrogen-bond acceptors (Lipinski definition) is 4. The fourth-order valence-electron chi connectivity index (χ4n) is 1.93. The third-order valence-electron chi connectivity index (χ3n) is 3.15. The summed E-state index contributed by atoms with van der Waals surface area (Å²) in [7, 11) is 0. The van der Waals surface area contributed by atoms with E-state index in [1.54, 1.807) is 23.9 Å². The number of carbonyl (C=O) groups excluding carboxylic acids is 1. The van der Waals surface area contributed by atoms with Gasteiger partial charge in [-0.15, -0.1) is 0 Å². The highest BCUT2D eigenvalue weighted by atomic mass is 79.9. The number of amides is 1. The largest absolute Gasteiger partial charge is 0.484 e. The van der Waals surface area contributed by atoms with E-state index in [0.29, 0.717) is 17.9 Å². The van der Waals surface area contributed by atoms with Crippen molar-refractivity contribution in [1.82, 2.24) is 5.32 Å². The average Bonchev–Trinajstić information content (AvgIpc) is 2.61.